The molecule has 0 atom stereocenters. The fraction of sp³-hybridized carbons (Fsp3) is 0.200. The highest BCUT2D eigenvalue weighted by Gasteiger charge is 2.15. The average Bonchev–Trinajstić information content (AvgIpc) is 3.46. The molecule has 4 aromatic rings. The quantitative estimate of drug-likeness (QED) is 0.509. The number of hydrogen-bond acceptors (Lipinski definition) is 8. The molecule has 4 heterocycles. The van der Waals surface area contributed by atoms with Crippen molar-refractivity contribution >= 4 is 40.1 Å². The molecule has 30 heavy (non-hydrogen) atoms. The van der Waals surface area contributed by atoms with Crippen LogP contribution in [0.4, 0.5) is 17.2 Å². The first kappa shape index (κ1) is 18.5. The van der Waals surface area contributed by atoms with Crippen LogP contribution < -0.4 is 16.0 Å². The minimum Gasteiger partial charge on any atom is -0.378 e. The van der Waals surface area contributed by atoms with Crippen molar-refractivity contribution in [1.82, 2.24) is 19.4 Å². The van der Waals surface area contributed by atoms with Crippen molar-refractivity contribution in [2.45, 2.75) is 0 Å². The Labute approximate surface area is 176 Å². The van der Waals surface area contributed by atoms with E-state index in [-0.39, 0.29) is 5.01 Å². The Morgan fingerprint density at radius 3 is 2.70 bits per heavy atom. The summed E-state index contributed by atoms with van der Waals surface area (Å²) in [7, 11) is 0. The van der Waals surface area contributed by atoms with E-state index in [1.165, 1.54) is 17.0 Å². The van der Waals surface area contributed by atoms with E-state index in [0.29, 0.717) is 17.2 Å². The summed E-state index contributed by atoms with van der Waals surface area (Å²) in [5.41, 5.74) is 9.44. The van der Waals surface area contributed by atoms with Crippen molar-refractivity contribution in [3.05, 3.63) is 53.2 Å². The molecule has 152 valence electrons. The van der Waals surface area contributed by atoms with Gasteiger partial charge in [0, 0.05) is 42.2 Å². The number of amides is 1. The number of thiazole rings is 1. The Morgan fingerprint density at radius 2 is 1.97 bits per heavy atom. The van der Waals surface area contributed by atoms with Crippen molar-refractivity contribution < 1.29 is 9.53 Å². The van der Waals surface area contributed by atoms with Gasteiger partial charge in [-0.1, -0.05) is 0 Å². The van der Waals surface area contributed by atoms with Crippen molar-refractivity contribution in [2.24, 2.45) is 5.73 Å². The number of aromatic nitrogens is 4. The van der Waals surface area contributed by atoms with Crippen LogP contribution in [0.3, 0.4) is 0 Å². The second kappa shape index (κ2) is 7.73. The van der Waals surface area contributed by atoms with Crippen LogP contribution in [0, 0.1) is 0 Å². The van der Waals surface area contributed by atoms with Crippen molar-refractivity contribution in [2.75, 3.05) is 36.5 Å². The Kier molecular flexibility index (Phi) is 4.77. The van der Waals surface area contributed by atoms with E-state index < -0.39 is 5.91 Å². The van der Waals surface area contributed by atoms with Gasteiger partial charge in [-0.05, 0) is 24.3 Å². The molecule has 1 aliphatic rings. The zero-order valence-electron chi connectivity index (χ0n) is 16.0. The molecular formula is C20H19N7O2S. The fourth-order valence-corrected chi connectivity index (χ4v) is 4.08. The molecule has 0 saturated carbocycles. The standard InChI is InChI=1S/C20H19N7O2S/c21-17(28)20-25-15(12-30-20)16-11-23-18(19-22-5-6-27(16)19)24-13-1-3-14(4-2-13)26-7-9-29-10-8-26/h1-6,11-12H,7-10H2,(H2,21,28)(H,23,24). The number of carbonyl (C=O) groups excluding carboxylic acids is 1. The number of nitrogens with one attached hydrogen (secondary N) is 1. The summed E-state index contributed by atoms with van der Waals surface area (Å²) in [4.78, 5) is 26.9. The highest BCUT2D eigenvalue weighted by atomic mass is 32.1. The molecule has 3 N–H and O–H groups in total. The third kappa shape index (κ3) is 3.46. The van der Waals surface area contributed by atoms with Crippen LogP contribution in [0.1, 0.15) is 9.80 Å². The molecule has 1 saturated heterocycles. The monoisotopic (exact) mass is 421 g/mol. The van der Waals surface area contributed by atoms with Crippen LogP contribution in [-0.2, 0) is 4.74 Å². The molecule has 5 rings (SSSR count). The van der Waals surface area contributed by atoms with Crippen molar-refractivity contribution in [1.29, 1.82) is 0 Å². The molecule has 1 aliphatic heterocycles. The van der Waals surface area contributed by atoms with Gasteiger partial charge in [-0.15, -0.1) is 11.3 Å². The SMILES string of the molecule is NC(=O)c1nc(-c2cnc(Nc3ccc(N4CCOCC4)cc3)c3nccn23)cs1. The lowest BCUT2D eigenvalue weighted by Crippen LogP contribution is -2.36. The number of carbonyl (C=O) groups is 1. The first-order valence-corrected chi connectivity index (χ1v) is 10.3. The lowest BCUT2D eigenvalue weighted by molar-refractivity contribution is 0.1000. The second-order valence-corrected chi connectivity index (χ2v) is 7.64. The number of rotatable bonds is 5. The lowest BCUT2D eigenvalue weighted by Gasteiger charge is -2.28. The second-order valence-electron chi connectivity index (χ2n) is 6.79. The van der Waals surface area contributed by atoms with Gasteiger partial charge in [0.05, 0.1) is 25.1 Å². The van der Waals surface area contributed by atoms with Crippen LogP contribution in [0.25, 0.3) is 17.0 Å². The largest absolute Gasteiger partial charge is 0.378 e. The van der Waals surface area contributed by atoms with E-state index in [1.807, 2.05) is 22.7 Å². The van der Waals surface area contributed by atoms with Crippen LogP contribution in [0.5, 0.6) is 0 Å². The van der Waals surface area contributed by atoms with Gasteiger partial charge in [0.25, 0.3) is 5.91 Å². The molecule has 0 radical (unpaired) electrons. The maximum atomic E-state index is 11.4. The van der Waals surface area contributed by atoms with Gasteiger partial charge in [0.2, 0.25) is 0 Å². The summed E-state index contributed by atoms with van der Waals surface area (Å²) in [5, 5.41) is 5.39. The molecule has 3 aromatic heterocycles. The lowest BCUT2D eigenvalue weighted by atomic mass is 10.2. The number of nitrogens with zero attached hydrogens (tertiary/aromatic N) is 5. The van der Waals surface area contributed by atoms with Crippen LogP contribution in [-0.4, -0.2) is 51.6 Å². The number of anilines is 3. The van der Waals surface area contributed by atoms with Gasteiger partial charge < -0.3 is 20.7 Å². The van der Waals surface area contributed by atoms with Gasteiger partial charge in [-0.3, -0.25) is 9.20 Å². The maximum absolute atomic E-state index is 11.4. The molecule has 9 nitrogen and oxygen atoms in total. The Hall–Kier alpha value is -3.50. The van der Waals surface area contributed by atoms with Gasteiger partial charge in [-0.25, -0.2) is 15.0 Å². The highest BCUT2D eigenvalue weighted by molar-refractivity contribution is 7.12. The van der Waals surface area contributed by atoms with E-state index in [9.17, 15) is 4.79 Å². The maximum Gasteiger partial charge on any atom is 0.277 e. The predicted molar refractivity (Wildman–Crippen MR) is 115 cm³/mol. The number of hydrogen-bond donors (Lipinski definition) is 2. The summed E-state index contributed by atoms with van der Waals surface area (Å²) < 4.78 is 7.30. The number of ether oxygens (including phenoxy) is 1. The first-order chi connectivity index (χ1) is 14.7. The number of imidazole rings is 1. The Morgan fingerprint density at radius 1 is 1.17 bits per heavy atom. The topological polar surface area (TPSA) is 111 Å². The molecule has 0 spiro atoms. The predicted octanol–water partition coefficient (Wildman–Crippen LogP) is 2.53. The Bertz CT molecular complexity index is 1200. The third-order valence-electron chi connectivity index (χ3n) is 4.91. The first-order valence-electron chi connectivity index (χ1n) is 9.46. The molecule has 0 bridgehead atoms. The van der Waals surface area contributed by atoms with Gasteiger partial charge in [0.1, 0.15) is 5.69 Å². The molecule has 0 unspecified atom stereocenters. The normalized spacial score (nSPS) is 14.2. The minimum atomic E-state index is -0.542. The smallest absolute Gasteiger partial charge is 0.277 e. The Balaban J connectivity index is 1.41. The molecular weight excluding hydrogens is 402 g/mol. The van der Waals surface area contributed by atoms with E-state index in [0.717, 1.165) is 37.7 Å². The summed E-state index contributed by atoms with van der Waals surface area (Å²) in [6, 6.07) is 8.23. The highest BCUT2D eigenvalue weighted by Crippen LogP contribution is 2.27. The van der Waals surface area contributed by atoms with Crippen LogP contribution in [0.15, 0.2) is 48.2 Å². The summed E-state index contributed by atoms with van der Waals surface area (Å²) in [6.45, 7) is 3.32. The van der Waals surface area contributed by atoms with Gasteiger partial charge in [0.15, 0.2) is 16.5 Å². The van der Waals surface area contributed by atoms with Gasteiger partial charge in [-0.2, -0.15) is 0 Å². The van der Waals surface area contributed by atoms with Crippen molar-refractivity contribution in [3.8, 4) is 11.4 Å². The minimum absolute atomic E-state index is 0.265. The van der Waals surface area contributed by atoms with Crippen molar-refractivity contribution in [3.63, 3.8) is 0 Å². The summed E-state index contributed by atoms with van der Waals surface area (Å²) in [5.74, 6) is 0.0909. The van der Waals surface area contributed by atoms with Crippen LogP contribution in [0.2, 0.25) is 0 Å². The average molecular weight is 421 g/mol. The third-order valence-corrected chi connectivity index (χ3v) is 5.77. The molecule has 1 fully saturated rings. The number of fused-ring (bicyclic) bond motifs is 1. The number of benzene rings is 1. The summed E-state index contributed by atoms with van der Waals surface area (Å²) >= 11 is 1.21. The zero-order valence-corrected chi connectivity index (χ0v) is 16.8. The number of morpholine rings is 1. The molecule has 0 aliphatic carbocycles. The molecule has 1 amide bonds. The van der Waals surface area contributed by atoms with E-state index in [2.05, 4.69) is 37.3 Å². The van der Waals surface area contributed by atoms with E-state index in [4.69, 9.17) is 10.5 Å². The number of primary amides is 1. The molecule has 10 heteroatoms. The molecule has 1 aromatic carbocycles. The number of nitrogens with two attached hydrogens (primary N) is 1. The summed E-state index contributed by atoms with van der Waals surface area (Å²) in [6.07, 6.45) is 5.25. The van der Waals surface area contributed by atoms with E-state index >= 15 is 0 Å². The van der Waals surface area contributed by atoms with E-state index in [1.54, 1.807) is 17.8 Å². The fourth-order valence-electron chi connectivity index (χ4n) is 3.41. The zero-order chi connectivity index (χ0) is 20.5. The van der Waals surface area contributed by atoms with Crippen LogP contribution >= 0.6 is 11.3 Å². The van der Waals surface area contributed by atoms with Gasteiger partial charge >= 0.3 is 0 Å².